The first-order valence-electron chi connectivity index (χ1n) is 12.5. The van der Waals surface area contributed by atoms with Crippen molar-refractivity contribution < 1.29 is 9.53 Å². The van der Waals surface area contributed by atoms with Crippen molar-refractivity contribution in [3.63, 3.8) is 0 Å². The fourth-order valence-corrected chi connectivity index (χ4v) is 4.82. The molecule has 1 unspecified atom stereocenters. The van der Waals surface area contributed by atoms with Crippen LogP contribution in [-0.2, 0) is 0 Å². The third-order valence-corrected chi connectivity index (χ3v) is 6.56. The minimum Gasteiger partial charge on any atom is -0.494 e. The molecule has 1 heterocycles. The molecule has 7 nitrogen and oxygen atoms in total. The van der Waals surface area contributed by atoms with Crippen LogP contribution in [0.1, 0.15) is 45.5 Å². The summed E-state index contributed by atoms with van der Waals surface area (Å²) < 4.78 is 8.10. The Bertz CT molecular complexity index is 1440. The monoisotopic (exact) mass is 562 g/mol. The van der Waals surface area contributed by atoms with Gasteiger partial charge in [0.05, 0.1) is 29.2 Å². The van der Waals surface area contributed by atoms with Crippen molar-refractivity contribution in [2.24, 2.45) is 0 Å². The molecule has 0 aliphatic heterocycles. The highest BCUT2D eigenvalue weighted by Gasteiger charge is 2.29. The Labute approximate surface area is 225 Å². The van der Waals surface area contributed by atoms with E-state index in [0.29, 0.717) is 47.7 Å². The molecule has 0 aliphatic carbocycles. The fraction of sp³-hybridized carbons (Fsp3) is 0.276. The van der Waals surface area contributed by atoms with E-state index in [1.165, 1.54) is 0 Å². The number of hydrogen-bond donors (Lipinski definition) is 1. The van der Waals surface area contributed by atoms with Crippen LogP contribution in [0, 0.1) is 0 Å². The molecule has 4 rings (SSSR count). The van der Waals surface area contributed by atoms with Crippen LogP contribution < -0.4 is 15.6 Å². The molecule has 0 aliphatic rings. The number of anilines is 1. The lowest BCUT2D eigenvalue weighted by molar-refractivity contribution is 0.181. The summed E-state index contributed by atoms with van der Waals surface area (Å²) >= 11 is 3.46. The van der Waals surface area contributed by atoms with Crippen LogP contribution in [0.25, 0.3) is 16.6 Å². The van der Waals surface area contributed by atoms with Gasteiger partial charge in [0.25, 0.3) is 5.56 Å². The van der Waals surface area contributed by atoms with Crippen LogP contribution >= 0.6 is 15.9 Å². The summed E-state index contributed by atoms with van der Waals surface area (Å²) in [4.78, 5) is 34.1. The van der Waals surface area contributed by atoms with Gasteiger partial charge in [-0.1, -0.05) is 48.0 Å². The van der Waals surface area contributed by atoms with Gasteiger partial charge in [-0.15, -0.1) is 0 Å². The second-order valence-corrected chi connectivity index (χ2v) is 9.53. The predicted molar refractivity (Wildman–Crippen MR) is 152 cm³/mol. The number of nitrogens with one attached hydrogen (secondary N) is 1. The van der Waals surface area contributed by atoms with E-state index in [9.17, 15) is 9.59 Å². The van der Waals surface area contributed by atoms with Gasteiger partial charge in [-0.05, 0) is 74.4 Å². The molecule has 192 valence electrons. The molecule has 3 aromatic carbocycles. The van der Waals surface area contributed by atoms with Gasteiger partial charge in [-0.2, -0.15) is 0 Å². The average Bonchev–Trinajstić information content (AvgIpc) is 2.90. The van der Waals surface area contributed by atoms with Crippen molar-refractivity contribution in [2.45, 2.75) is 39.7 Å². The molecule has 0 saturated heterocycles. The van der Waals surface area contributed by atoms with Crippen LogP contribution in [0.15, 0.2) is 82.1 Å². The summed E-state index contributed by atoms with van der Waals surface area (Å²) in [6.07, 6.45) is 1.33. The Hall–Kier alpha value is -3.65. The summed E-state index contributed by atoms with van der Waals surface area (Å²) in [7, 11) is 0. The van der Waals surface area contributed by atoms with Crippen molar-refractivity contribution in [1.82, 2.24) is 14.5 Å². The number of ether oxygens (including phenoxy) is 1. The molecule has 2 amide bonds. The van der Waals surface area contributed by atoms with Gasteiger partial charge in [0.1, 0.15) is 11.6 Å². The average molecular weight is 563 g/mol. The largest absolute Gasteiger partial charge is 0.494 e. The van der Waals surface area contributed by atoms with Gasteiger partial charge in [0, 0.05) is 16.7 Å². The first kappa shape index (κ1) is 26.4. The highest BCUT2D eigenvalue weighted by molar-refractivity contribution is 9.10. The van der Waals surface area contributed by atoms with Crippen LogP contribution in [0.5, 0.6) is 5.75 Å². The minimum absolute atomic E-state index is 0.174. The number of amides is 2. The number of aromatic nitrogens is 2. The maximum Gasteiger partial charge on any atom is 0.322 e. The fourth-order valence-electron chi connectivity index (χ4n) is 4.42. The van der Waals surface area contributed by atoms with Crippen molar-refractivity contribution in [3.05, 3.63) is 93.4 Å². The number of halogens is 1. The number of hydrogen-bond acceptors (Lipinski definition) is 4. The second kappa shape index (κ2) is 12.1. The summed E-state index contributed by atoms with van der Waals surface area (Å²) in [6, 6.07) is 21.5. The Morgan fingerprint density at radius 1 is 1.05 bits per heavy atom. The van der Waals surface area contributed by atoms with Gasteiger partial charge in [-0.25, -0.2) is 9.78 Å². The number of rotatable bonds is 9. The predicted octanol–water partition coefficient (Wildman–Crippen LogP) is 6.94. The Balaban J connectivity index is 1.84. The molecule has 0 radical (unpaired) electrons. The standard InChI is InChI=1S/C29H31BrN4O3/c1-4-18-33(29(36)31-21-11-9-10-20(30)19-21)26(5-2)27-32-25-13-8-7-12-24(25)28(35)34(27)22-14-16-23(17-15-22)37-6-3/h7-17,19,26H,4-6,18H2,1-3H3,(H,31,36). The Morgan fingerprint density at radius 3 is 2.49 bits per heavy atom. The van der Waals surface area contributed by atoms with E-state index in [1.807, 2.05) is 87.5 Å². The van der Waals surface area contributed by atoms with Crippen LogP contribution in [0.4, 0.5) is 10.5 Å². The zero-order valence-electron chi connectivity index (χ0n) is 21.3. The van der Waals surface area contributed by atoms with Gasteiger partial charge in [0.2, 0.25) is 0 Å². The first-order chi connectivity index (χ1) is 18.0. The molecule has 4 aromatic rings. The molecule has 37 heavy (non-hydrogen) atoms. The molecule has 0 spiro atoms. The summed E-state index contributed by atoms with van der Waals surface area (Å²) in [5, 5.41) is 3.53. The zero-order chi connectivity index (χ0) is 26.4. The highest BCUT2D eigenvalue weighted by atomic mass is 79.9. The summed E-state index contributed by atoms with van der Waals surface area (Å²) in [5.41, 5.74) is 1.79. The number of fused-ring (bicyclic) bond motifs is 1. The van der Waals surface area contributed by atoms with Crippen LogP contribution in [-0.4, -0.2) is 33.6 Å². The quantitative estimate of drug-likeness (QED) is 0.239. The van der Waals surface area contributed by atoms with Crippen LogP contribution in [0.2, 0.25) is 0 Å². The van der Waals surface area contributed by atoms with E-state index in [0.717, 1.165) is 16.6 Å². The maximum atomic E-state index is 13.8. The minimum atomic E-state index is -0.434. The lowest BCUT2D eigenvalue weighted by Gasteiger charge is -2.32. The molecule has 1 aromatic heterocycles. The third kappa shape index (κ3) is 5.85. The Kier molecular flexibility index (Phi) is 8.61. The summed E-state index contributed by atoms with van der Waals surface area (Å²) in [5.74, 6) is 1.25. The smallest absolute Gasteiger partial charge is 0.322 e. The number of benzene rings is 3. The summed E-state index contributed by atoms with van der Waals surface area (Å²) in [6.45, 7) is 7.02. The molecular weight excluding hydrogens is 532 g/mol. The molecule has 1 atom stereocenters. The van der Waals surface area contributed by atoms with E-state index in [4.69, 9.17) is 9.72 Å². The highest BCUT2D eigenvalue weighted by Crippen LogP contribution is 2.28. The van der Waals surface area contributed by atoms with E-state index in [2.05, 4.69) is 21.2 Å². The molecule has 0 bridgehead atoms. The van der Waals surface area contributed by atoms with Gasteiger partial charge in [0.15, 0.2) is 0 Å². The molecular formula is C29H31BrN4O3. The molecule has 1 N–H and O–H groups in total. The van der Waals surface area contributed by atoms with Crippen molar-refractivity contribution in [2.75, 3.05) is 18.5 Å². The lowest BCUT2D eigenvalue weighted by Crippen LogP contribution is -2.41. The van der Waals surface area contributed by atoms with Crippen molar-refractivity contribution in [3.8, 4) is 11.4 Å². The normalized spacial score (nSPS) is 11.8. The van der Waals surface area contributed by atoms with Gasteiger partial charge >= 0.3 is 6.03 Å². The van der Waals surface area contributed by atoms with Crippen molar-refractivity contribution in [1.29, 1.82) is 0 Å². The van der Waals surface area contributed by atoms with Gasteiger partial charge < -0.3 is 15.0 Å². The number of carbonyl (C=O) groups excluding carboxylic acids is 1. The number of urea groups is 1. The molecule has 0 saturated carbocycles. The van der Waals surface area contributed by atoms with E-state index in [-0.39, 0.29) is 11.6 Å². The lowest BCUT2D eigenvalue weighted by atomic mass is 10.1. The van der Waals surface area contributed by atoms with E-state index in [1.54, 1.807) is 15.5 Å². The number of para-hydroxylation sites is 1. The second-order valence-electron chi connectivity index (χ2n) is 8.61. The van der Waals surface area contributed by atoms with E-state index < -0.39 is 6.04 Å². The number of carbonyl (C=O) groups is 1. The Morgan fingerprint density at radius 2 is 1.81 bits per heavy atom. The zero-order valence-corrected chi connectivity index (χ0v) is 22.9. The van der Waals surface area contributed by atoms with Gasteiger partial charge in [-0.3, -0.25) is 9.36 Å². The SMILES string of the molecule is CCCN(C(=O)Nc1cccc(Br)c1)C(CC)c1nc2ccccc2c(=O)n1-c1ccc(OCC)cc1. The first-order valence-corrected chi connectivity index (χ1v) is 13.3. The third-order valence-electron chi connectivity index (χ3n) is 6.07. The molecule has 0 fully saturated rings. The number of nitrogens with zero attached hydrogens (tertiary/aromatic N) is 3. The molecule has 8 heteroatoms. The maximum absolute atomic E-state index is 13.8. The van der Waals surface area contributed by atoms with Crippen molar-refractivity contribution >= 4 is 38.6 Å². The topological polar surface area (TPSA) is 76.5 Å². The van der Waals surface area contributed by atoms with Crippen LogP contribution in [0.3, 0.4) is 0 Å². The van der Waals surface area contributed by atoms with E-state index >= 15 is 0 Å².